The van der Waals surface area contributed by atoms with Crippen LogP contribution in [0.15, 0.2) is 24.3 Å². The molecule has 5 heteroatoms. The first-order valence-corrected chi connectivity index (χ1v) is 8.29. The van der Waals surface area contributed by atoms with E-state index in [-0.39, 0.29) is 11.9 Å². The number of nitrogens with zero attached hydrogens (tertiary/aromatic N) is 1. The number of amides is 1. The van der Waals surface area contributed by atoms with E-state index < -0.39 is 6.04 Å². The van der Waals surface area contributed by atoms with Gasteiger partial charge in [0.2, 0.25) is 0 Å². The van der Waals surface area contributed by atoms with Crippen LogP contribution < -0.4 is 4.74 Å². The summed E-state index contributed by atoms with van der Waals surface area (Å²) in [5.41, 5.74) is 0.573. The Morgan fingerprint density at radius 3 is 2.61 bits per heavy atom. The lowest BCUT2D eigenvalue weighted by molar-refractivity contribution is -0.147. The topological polar surface area (TPSA) is 55.8 Å². The quantitative estimate of drug-likeness (QED) is 0.597. The van der Waals surface area contributed by atoms with Crippen molar-refractivity contribution >= 4 is 11.9 Å². The van der Waals surface area contributed by atoms with Crippen molar-refractivity contribution < 1.29 is 19.1 Å². The average Bonchev–Trinajstić information content (AvgIpc) is 2.61. The van der Waals surface area contributed by atoms with E-state index >= 15 is 0 Å². The predicted molar refractivity (Wildman–Crippen MR) is 87.5 cm³/mol. The Kier molecular flexibility index (Phi) is 6.44. The third-order valence-electron chi connectivity index (χ3n) is 4.10. The van der Waals surface area contributed by atoms with Gasteiger partial charge in [-0.3, -0.25) is 4.79 Å². The molecule has 0 N–H and O–H groups in total. The predicted octanol–water partition coefficient (Wildman–Crippen LogP) is 3.03. The van der Waals surface area contributed by atoms with E-state index in [4.69, 9.17) is 9.47 Å². The van der Waals surface area contributed by atoms with Gasteiger partial charge in [0, 0.05) is 12.1 Å². The maximum atomic E-state index is 12.7. The van der Waals surface area contributed by atoms with Crippen LogP contribution in [0.25, 0.3) is 0 Å². The molecule has 0 bridgehead atoms. The lowest BCUT2D eigenvalue weighted by Gasteiger charge is -2.33. The molecule has 1 aromatic rings. The highest BCUT2D eigenvalue weighted by Crippen LogP contribution is 2.22. The van der Waals surface area contributed by atoms with Crippen molar-refractivity contribution in [2.45, 2.75) is 45.1 Å². The van der Waals surface area contributed by atoms with Crippen molar-refractivity contribution in [2.24, 2.45) is 0 Å². The molecule has 126 valence electrons. The van der Waals surface area contributed by atoms with Crippen molar-refractivity contribution in [3.05, 3.63) is 29.8 Å². The molecule has 23 heavy (non-hydrogen) atoms. The van der Waals surface area contributed by atoms with Gasteiger partial charge < -0.3 is 14.4 Å². The van der Waals surface area contributed by atoms with Crippen LogP contribution in [0.5, 0.6) is 5.75 Å². The zero-order chi connectivity index (χ0) is 16.7. The van der Waals surface area contributed by atoms with Gasteiger partial charge >= 0.3 is 5.97 Å². The van der Waals surface area contributed by atoms with Crippen molar-refractivity contribution in [1.82, 2.24) is 4.90 Å². The number of likely N-dealkylation sites (tertiary alicyclic amines) is 1. The molecule has 1 aliphatic rings. The van der Waals surface area contributed by atoms with Gasteiger partial charge in [0.15, 0.2) is 0 Å². The van der Waals surface area contributed by atoms with E-state index in [1.165, 1.54) is 7.11 Å². The molecule has 2 rings (SSSR count). The monoisotopic (exact) mass is 319 g/mol. The number of esters is 1. The van der Waals surface area contributed by atoms with E-state index in [1.807, 2.05) is 0 Å². The molecule has 0 radical (unpaired) electrons. The molecular weight excluding hydrogens is 294 g/mol. The molecule has 1 aromatic carbocycles. The summed E-state index contributed by atoms with van der Waals surface area (Å²) in [5, 5.41) is 0. The summed E-state index contributed by atoms with van der Waals surface area (Å²) in [7, 11) is 1.36. The van der Waals surface area contributed by atoms with Crippen LogP contribution in [0.4, 0.5) is 0 Å². The van der Waals surface area contributed by atoms with Crippen LogP contribution in [0.2, 0.25) is 0 Å². The van der Waals surface area contributed by atoms with E-state index in [1.54, 1.807) is 29.2 Å². The number of hydrogen-bond donors (Lipinski definition) is 0. The van der Waals surface area contributed by atoms with Crippen molar-refractivity contribution in [2.75, 3.05) is 20.3 Å². The van der Waals surface area contributed by atoms with Gasteiger partial charge in [-0.25, -0.2) is 4.79 Å². The second-order valence-corrected chi connectivity index (χ2v) is 5.76. The molecule has 1 fully saturated rings. The highest BCUT2D eigenvalue weighted by molar-refractivity contribution is 5.97. The van der Waals surface area contributed by atoms with Crippen LogP contribution in [0.1, 0.15) is 49.4 Å². The minimum absolute atomic E-state index is 0.125. The Bertz CT molecular complexity index is 526. The molecule has 1 unspecified atom stereocenters. The van der Waals surface area contributed by atoms with Gasteiger partial charge in [-0.2, -0.15) is 0 Å². The molecule has 1 heterocycles. The number of hydrogen-bond acceptors (Lipinski definition) is 4. The SMILES string of the molecule is CCCCOc1ccc(C(=O)N2CCCCC2C(=O)OC)cc1. The summed E-state index contributed by atoms with van der Waals surface area (Å²) in [6.45, 7) is 3.38. The zero-order valence-corrected chi connectivity index (χ0v) is 13.9. The van der Waals surface area contributed by atoms with Crippen LogP contribution in [0.3, 0.4) is 0 Å². The molecule has 0 aliphatic carbocycles. The van der Waals surface area contributed by atoms with Crippen LogP contribution >= 0.6 is 0 Å². The van der Waals surface area contributed by atoms with Gasteiger partial charge in [0.25, 0.3) is 5.91 Å². The van der Waals surface area contributed by atoms with Gasteiger partial charge in [0.1, 0.15) is 11.8 Å². The minimum Gasteiger partial charge on any atom is -0.494 e. The van der Waals surface area contributed by atoms with Crippen LogP contribution in [-0.2, 0) is 9.53 Å². The molecule has 1 amide bonds. The largest absolute Gasteiger partial charge is 0.494 e. The van der Waals surface area contributed by atoms with Crippen molar-refractivity contribution in [3.63, 3.8) is 0 Å². The van der Waals surface area contributed by atoms with E-state index in [0.717, 1.165) is 31.4 Å². The van der Waals surface area contributed by atoms with E-state index in [2.05, 4.69) is 6.92 Å². The lowest BCUT2D eigenvalue weighted by Crippen LogP contribution is -2.48. The summed E-state index contributed by atoms with van der Waals surface area (Å²) in [5.74, 6) is 0.302. The molecular formula is C18H25NO4. The third kappa shape index (κ3) is 4.47. The van der Waals surface area contributed by atoms with Crippen LogP contribution in [0, 0.1) is 0 Å². The molecule has 1 atom stereocenters. The maximum absolute atomic E-state index is 12.7. The van der Waals surface area contributed by atoms with Crippen molar-refractivity contribution in [1.29, 1.82) is 0 Å². The lowest BCUT2D eigenvalue weighted by atomic mass is 10.0. The Morgan fingerprint density at radius 1 is 1.22 bits per heavy atom. The summed E-state index contributed by atoms with van der Waals surface area (Å²) in [4.78, 5) is 26.2. The minimum atomic E-state index is -0.471. The summed E-state index contributed by atoms with van der Waals surface area (Å²) >= 11 is 0. The fourth-order valence-corrected chi connectivity index (χ4v) is 2.75. The Labute approximate surface area is 137 Å². The van der Waals surface area contributed by atoms with Gasteiger partial charge in [-0.05, 0) is 49.9 Å². The number of unbranched alkanes of at least 4 members (excludes halogenated alkanes) is 1. The fraction of sp³-hybridized carbons (Fsp3) is 0.556. The van der Waals surface area contributed by atoms with Gasteiger partial charge in [0.05, 0.1) is 13.7 Å². The molecule has 5 nitrogen and oxygen atoms in total. The van der Waals surface area contributed by atoms with Gasteiger partial charge in [-0.15, -0.1) is 0 Å². The Hall–Kier alpha value is -2.04. The molecule has 1 aliphatic heterocycles. The standard InChI is InChI=1S/C18H25NO4/c1-3-4-13-23-15-10-8-14(9-11-15)17(20)19-12-6-5-7-16(19)18(21)22-2/h8-11,16H,3-7,12-13H2,1-2H3. The fourth-order valence-electron chi connectivity index (χ4n) is 2.75. The zero-order valence-electron chi connectivity index (χ0n) is 13.9. The molecule has 0 spiro atoms. The first-order chi connectivity index (χ1) is 11.2. The highest BCUT2D eigenvalue weighted by atomic mass is 16.5. The number of carbonyl (C=O) groups excluding carboxylic acids is 2. The van der Waals surface area contributed by atoms with Crippen molar-refractivity contribution in [3.8, 4) is 5.75 Å². The number of benzene rings is 1. The summed E-state index contributed by atoms with van der Waals surface area (Å²) in [6.07, 6.45) is 4.61. The number of ether oxygens (including phenoxy) is 2. The smallest absolute Gasteiger partial charge is 0.328 e. The Balaban J connectivity index is 2.04. The first kappa shape index (κ1) is 17.3. The maximum Gasteiger partial charge on any atom is 0.328 e. The second-order valence-electron chi connectivity index (χ2n) is 5.76. The highest BCUT2D eigenvalue weighted by Gasteiger charge is 2.33. The average molecular weight is 319 g/mol. The number of piperidine rings is 1. The second kappa shape index (κ2) is 8.56. The number of carbonyl (C=O) groups is 2. The Morgan fingerprint density at radius 2 is 1.96 bits per heavy atom. The molecule has 1 saturated heterocycles. The van der Waals surface area contributed by atoms with Gasteiger partial charge in [-0.1, -0.05) is 13.3 Å². The summed E-state index contributed by atoms with van der Waals surface area (Å²) in [6, 6.07) is 6.65. The van der Waals surface area contributed by atoms with E-state index in [9.17, 15) is 9.59 Å². The normalized spacial score (nSPS) is 17.7. The van der Waals surface area contributed by atoms with E-state index in [0.29, 0.717) is 25.1 Å². The summed E-state index contributed by atoms with van der Waals surface area (Å²) < 4.78 is 10.4. The van der Waals surface area contributed by atoms with Crippen LogP contribution in [-0.4, -0.2) is 43.1 Å². The third-order valence-corrected chi connectivity index (χ3v) is 4.10. The molecule has 0 aromatic heterocycles. The number of methoxy groups -OCH3 is 1. The molecule has 0 saturated carbocycles. The number of rotatable bonds is 6. The first-order valence-electron chi connectivity index (χ1n) is 8.29.